The first-order valence-electron chi connectivity index (χ1n) is 6.25. The summed E-state index contributed by atoms with van der Waals surface area (Å²) in [5, 5.41) is 0.332. The maximum absolute atomic E-state index is 12.6. The van der Waals surface area contributed by atoms with Gasteiger partial charge in [-0.3, -0.25) is 0 Å². The molecule has 0 bridgehead atoms. The third-order valence-electron chi connectivity index (χ3n) is 3.35. The normalized spacial score (nSPS) is 13.8. The van der Waals surface area contributed by atoms with E-state index in [-0.39, 0.29) is 10.9 Å². The first-order chi connectivity index (χ1) is 8.71. The maximum atomic E-state index is 12.6. The molecule has 1 aromatic rings. The van der Waals surface area contributed by atoms with E-state index in [1.54, 1.807) is 20.0 Å². The van der Waals surface area contributed by atoms with Crippen LogP contribution in [0, 0.1) is 6.92 Å². The minimum Gasteiger partial charge on any atom is -0.398 e. The molecule has 0 heterocycles. The lowest BCUT2D eigenvalue weighted by molar-refractivity contribution is 0.368. The minimum absolute atomic E-state index is 0.0605. The van der Waals surface area contributed by atoms with E-state index in [1.807, 2.05) is 13.8 Å². The van der Waals surface area contributed by atoms with Gasteiger partial charge in [-0.1, -0.05) is 24.9 Å². The Morgan fingerprint density at radius 2 is 2.00 bits per heavy atom. The maximum Gasteiger partial charge on any atom is 0.243 e. The highest BCUT2D eigenvalue weighted by atomic mass is 35.5. The van der Waals surface area contributed by atoms with E-state index in [0.29, 0.717) is 16.3 Å². The first-order valence-corrected chi connectivity index (χ1v) is 8.07. The molecule has 0 aliphatic carbocycles. The molecular weight excluding hydrogens is 284 g/mol. The van der Waals surface area contributed by atoms with Crippen molar-refractivity contribution in [1.29, 1.82) is 0 Å². The van der Waals surface area contributed by atoms with Gasteiger partial charge in [0.05, 0.1) is 4.90 Å². The van der Waals surface area contributed by atoms with Gasteiger partial charge in [0, 0.05) is 23.8 Å². The third-order valence-corrected chi connectivity index (χ3v) is 5.67. The highest BCUT2D eigenvalue weighted by Crippen LogP contribution is 2.29. The summed E-state index contributed by atoms with van der Waals surface area (Å²) in [6.07, 6.45) is 1.74. The van der Waals surface area contributed by atoms with Crippen molar-refractivity contribution in [2.24, 2.45) is 0 Å². The molecule has 0 amide bonds. The number of nitrogen functional groups attached to an aromatic ring is 1. The van der Waals surface area contributed by atoms with E-state index in [9.17, 15) is 8.42 Å². The molecule has 0 fully saturated rings. The predicted molar refractivity (Wildman–Crippen MR) is 79.9 cm³/mol. The molecule has 0 aliphatic rings. The molecule has 1 unspecified atom stereocenters. The summed E-state index contributed by atoms with van der Waals surface area (Å²) in [6, 6.07) is 2.96. The molecule has 19 heavy (non-hydrogen) atoms. The largest absolute Gasteiger partial charge is 0.398 e. The number of halogens is 1. The average molecular weight is 305 g/mol. The van der Waals surface area contributed by atoms with Crippen molar-refractivity contribution in [3.8, 4) is 0 Å². The van der Waals surface area contributed by atoms with Crippen molar-refractivity contribution in [1.82, 2.24) is 4.31 Å². The number of hydrogen-bond acceptors (Lipinski definition) is 3. The van der Waals surface area contributed by atoms with Crippen molar-refractivity contribution >= 4 is 27.3 Å². The van der Waals surface area contributed by atoms with Gasteiger partial charge >= 0.3 is 0 Å². The van der Waals surface area contributed by atoms with Gasteiger partial charge in [-0.05, 0) is 38.0 Å². The first kappa shape index (κ1) is 16.3. The van der Waals surface area contributed by atoms with Crippen molar-refractivity contribution < 1.29 is 8.42 Å². The van der Waals surface area contributed by atoms with E-state index >= 15 is 0 Å². The quantitative estimate of drug-likeness (QED) is 0.850. The van der Waals surface area contributed by atoms with Gasteiger partial charge < -0.3 is 5.73 Å². The van der Waals surface area contributed by atoms with Gasteiger partial charge in [0.1, 0.15) is 0 Å². The molecule has 1 atom stereocenters. The standard InChI is InChI=1S/C13H21ClN2O2S/c1-5-6-9(2)16(4)19(17,18)13-8-11(14)7-12(15)10(13)3/h7-9H,5-6,15H2,1-4H3. The molecule has 0 radical (unpaired) electrons. The number of benzene rings is 1. The second-order valence-electron chi connectivity index (χ2n) is 4.78. The van der Waals surface area contributed by atoms with Crippen LogP contribution in [0.1, 0.15) is 32.3 Å². The number of sulfonamides is 1. The molecule has 4 nitrogen and oxygen atoms in total. The zero-order valence-electron chi connectivity index (χ0n) is 11.8. The molecule has 0 saturated heterocycles. The molecule has 0 saturated carbocycles. The van der Waals surface area contributed by atoms with Crippen LogP contribution in [0.2, 0.25) is 5.02 Å². The third kappa shape index (κ3) is 3.41. The highest BCUT2D eigenvalue weighted by molar-refractivity contribution is 7.89. The molecule has 0 aliphatic heterocycles. The van der Waals surface area contributed by atoms with Gasteiger partial charge in [0.25, 0.3) is 0 Å². The van der Waals surface area contributed by atoms with Gasteiger partial charge in [0.2, 0.25) is 10.0 Å². The average Bonchev–Trinajstić information content (AvgIpc) is 2.32. The van der Waals surface area contributed by atoms with Crippen LogP contribution < -0.4 is 5.73 Å². The van der Waals surface area contributed by atoms with Crippen molar-refractivity contribution in [3.05, 3.63) is 22.7 Å². The van der Waals surface area contributed by atoms with Crippen LogP contribution in [-0.2, 0) is 10.0 Å². The SMILES string of the molecule is CCCC(C)N(C)S(=O)(=O)c1cc(Cl)cc(N)c1C. The second-order valence-corrected chi connectivity index (χ2v) is 7.18. The molecule has 1 aromatic carbocycles. The van der Waals surface area contributed by atoms with Crippen LogP contribution >= 0.6 is 11.6 Å². The Morgan fingerprint density at radius 3 is 2.53 bits per heavy atom. The Hall–Kier alpha value is -0.780. The lowest BCUT2D eigenvalue weighted by Crippen LogP contribution is -2.35. The predicted octanol–water partition coefficient (Wildman–Crippen LogP) is 3.04. The Kier molecular flexibility index (Phi) is 5.24. The van der Waals surface area contributed by atoms with E-state index in [2.05, 4.69) is 0 Å². The number of rotatable bonds is 5. The van der Waals surface area contributed by atoms with Gasteiger partial charge in [-0.15, -0.1) is 0 Å². The van der Waals surface area contributed by atoms with E-state index < -0.39 is 10.0 Å². The molecule has 2 N–H and O–H groups in total. The summed E-state index contributed by atoms with van der Waals surface area (Å²) < 4.78 is 26.6. The zero-order valence-corrected chi connectivity index (χ0v) is 13.3. The summed E-state index contributed by atoms with van der Waals surface area (Å²) >= 11 is 5.91. The molecule has 108 valence electrons. The number of nitrogens with two attached hydrogens (primary N) is 1. The van der Waals surface area contributed by atoms with Crippen LogP contribution in [0.3, 0.4) is 0 Å². The molecule has 1 rings (SSSR count). The van der Waals surface area contributed by atoms with Crippen molar-refractivity contribution in [3.63, 3.8) is 0 Å². The molecular formula is C13H21ClN2O2S. The van der Waals surface area contributed by atoms with Gasteiger partial charge in [-0.2, -0.15) is 4.31 Å². The van der Waals surface area contributed by atoms with E-state index in [4.69, 9.17) is 17.3 Å². The Labute approximate surface area is 120 Å². The van der Waals surface area contributed by atoms with E-state index in [1.165, 1.54) is 10.4 Å². The van der Waals surface area contributed by atoms with Crippen LogP contribution in [-0.4, -0.2) is 25.8 Å². The number of anilines is 1. The number of nitrogens with zero attached hydrogens (tertiary/aromatic N) is 1. The van der Waals surface area contributed by atoms with Crippen molar-refractivity contribution in [2.75, 3.05) is 12.8 Å². The van der Waals surface area contributed by atoms with Gasteiger partial charge in [-0.25, -0.2) is 8.42 Å². The second kappa shape index (κ2) is 6.11. The van der Waals surface area contributed by atoms with Crippen molar-refractivity contribution in [2.45, 2.75) is 44.6 Å². The Balaban J connectivity index is 3.28. The zero-order chi connectivity index (χ0) is 14.8. The molecule has 0 spiro atoms. The summed E-state index contributed by atoms with van der Waals surface area (Å²) in [4.78, 5) is 0.183. The molecule has 6 heteroatoms. The summed E-state index contributed by atoms with van der Waals surface area (Å²) in [6.45, 7) is 5.61. The lowest BCUT2D eigenvalue weighted by atomic mass is 10.2. The van der Waals surface area contributed by atoms with Crippen LogP contribution in [0.5, 0.6) is 0 Å². The van der Waals surface area contributed by atoms with Crippen LogP contribution in [0.4, 0.5) is 5.69 Å². The fourth-order valence-corrected chi connectivity index (χ4v) is 3.90. The lowest BCUT2D eigenvalue weighted by Gasteiger charge is -2.25. The van der Waals surface area contributed by atoms with Crippen LogP contribution in [0.15, 0.2) is 17.0 Å². The van der Waals surface area contributed by atoms with Gasteiger partial charge in [0.15, 0.2) is 0 Å². The summed E-state index contributed by atoms with van der Waals surface area (Å²) in [5.74, 6) is 0. The minimum atomic E-state index is -3.57. The Bertz CT molecular complexity index is 558. The smallest absolute Gasteiger partial charge is 0.243 e. The molecule has 0 aromatic heterocycles. The summed E-state index contributed by atoms with van der Waals surface area (Å²) in [5.41, 5.74) is 6.72. The Morgan fingerprint density at radius 1 is 1.42 bits per heavy atom. The summed E-state index contributed by atoms with van der Waals surface area (Å²) in [7, 11) is -1.98. The van der Waals surface area contributed by atoms with Crippen LogP contribution in [0.25, 0.3) is 0 Å². The fraction of sp³-hybridized carbons (Fsp3) is 0.538. The highest BCUT2D eigenvalue weighted by Gasteiger charge is 2.27. The fourth-order valence-electron chi connectivity index (χ4n) is 1.93. The topological polar surface area (TPSA) is 63.4 Å². The number of hydrogen-bond donors (Lipinski definition) is 1. The monoisotopic (exact) mass is 304 g/mol. The van der Waals surface area contributed by atoms with E-state index in [0.717, 1.165) is 12.8 Å².